The molecule has 2 N–H and O–H groups in total. The van der Waals surface area contributed by atoms with Gasteiger partial charge in [0.25, 0.3) is 5.56 Å². The third-order valence-electron chi connectivity index (χ3n) is 3.83. The molecule has 0 aliphatic carbocycles. The van der Waals surface area contributed by atoms with Crippen molar-refractivity contribution >= 4 is 10.9 Å². The molecule has 4 heteroatoms. The summed E-state index contributed by atoms with van der Waals surface area (Å²) >= 11 is 0. The van der Waals surface area contributed by atoms with Crippen molar-refractivity contribution < 1.29 is 4.42 Å². The zero-order chi connectivity index (χ0) is 15.5. The van der Waals surface area contributed by atoms with E-state index >= 15 is 0 Å². The molecule has 0 spiro atoms. The van der Waals surface area contributed by atoms with E-state index in [0.717, 1.165) is 34.4 Å². The number of H-pyrrole nitrogens is 1. The van der Waals surface area contributed by atoms with E-state index in [9.17, 15) is 4.79 Å². The smallest absolute Gasteiger partial charge is 0.252 e. The molecule has 0 bridgehead atoms. The number of hydrogen-bond donors (Lipinski definition) is 2. The fourth-order valence-electron chi connectivity index (χ4n) is 2.67. The number of hydrogen-bond acceptors (Lipinski definition) is 3. The molecule has 0 saturated carbocycles. The quantitative estimate of drug-likeness (QED) is 0.759. The lowest BCUT2D eigenvalue weighted by atomic mass is 10.1. The first-order valence-corrected chi connectivity index (χ1v) is 7.57. The van der Waals surface area contributed by atoms with Crippen LogP contribution < -0.4 is 10.9 Å². The minimum Gasteiger partial charge on any atom is -0.465 e. The fourth-order valence-corrected chi connectivity index (χ4v) is 2.67. The Morgan fingerprint density at radius 3 is 2.73 bits per heavy atom. The van der Waals surface area contributed by atoms with Gasteiger partial charge in [0.15, 0.2) is 0 Å². The van der Waals surface area contributed by atoms with Gasteiger partial charge in [-0.25, -0.2) is 0 Å². The number of furan rings is 1. The number of aromatic nitrogens is 1. The van der Waals surface area contributed by atoms with Gasteiger partial charge >= 0.3 is 0 Å². The van der Waals surface area contributed by atoms with Crippen LogP contribution in [0.2, 0.25) is 0 Å². The minimum atomic E-state index is -0.0310. The molecule has 1 aromatic carbocycles. The Kier molecular flexibility index (Phi) is 4.11. The first-order chi connectivity index (χ1) is 10.7. The number of aromatic amines is 1. The van der Waals surface area contributed by atoms with Crippen LogP contribution in [0.1, 0.15) is 29.6 Å². The number of nitrogens with one attached hydrogen (secondary N) is 2. The minimum absolute atomic E-state index is 0.0310. The van der Waals surface area contributed by atoms with Crippen molar-refractivity contribution in [2.24, 2.45) is 0 Å². The first-order valence-electron chi connectivity index (χ1n) is 7.57. The van der Waals surface area contributed by atoms with Crippen molar-refractivity contribution in [3.8, 4) is 0 Å². The van der Waals surface area contributed by atoms with Crippen LogP contribution in [0.5, 0.6) is 0 Å². The molecular formula is C18H20N2O2. The Morgan fingerprint density at radius 2 is 2.00 bits per heavy atom. The molecule has 0 amide bonds. The SMILES string of the molecule is CCc1cccc2cc(CNCc3ccc(C)o3)c(=O)[nH]c12. The second-order valence-electron chi connectivity index (χ2n) is 5.47. The lowest BCUT2D eigenvalue weighted by Gasteiger charge is -2.07. The van der Waals surface area contributed by atoms with E-state index < -0.39 is 0 Å². The normalized spacial score (nSPS) is 11.2. The van der Waals surface area contributed by atoms with Crippen LogP contribution in [0.4, 0.5) is 0 Å². The molecule has 0 saturated heterocycles. The zero-order valence-corrected chi connectivity index (χ0v) is 12.9. The molecule has 3 rings (SSSR count). The highest BCUT2D eigenvalue weighted by atomic mass is 16.3. The van der Waals surface area contributed by atoms with E-state index in [4.69, 9.17) is 4.42 Å². The van der Waals surface area contributed by atoms with Gasteiger partial charge in [0.05, 0.1) is 12.1 Å². The largest absolute Gasteiger partial charge is 0.465 e. The molecule has 0 fully saturated rings. The van der Waals surface area contributed by atoms with Gasteiger partial charge in [0.1, 0.15) is 11.5 Å². The van der Waals surface area contributed by atoms with E-state index in [1.807, 2.05) is 37.3 Å². The number of fused-ring (bicyclic) bond motifs is 1. The number of pyridine rings is 1. The van der Waals surface area contributed by atoms with Crippen LogP contribution in [0.15, 0.2) is 45.6 Å². The molecule has 0 aliphatic heterocycles. The summed E-state index contributed by atoms with van der Waals surface area (Å²) in [6.07, 6.45) is 0.905. The Labute approximate surface area is 129 Å². The topological polar surface area (TPSA) is 58.0 Å². The summed E-state index contributed by atoms with van der Waals surface area (Å²) in [7, 11) is 0. The zero-order valence-electron chi connectivity index (χ0n) is 12.9. The van der Waals surface area contributed by atoms with E-state index in [1.165, 1.54) is 5.56 Å². The molecule has 22 heavy (non-hydrogen) atoms. The summed E-state index contributed by atoms with van der Waals surface area (Å²) < 4.78 is 5.50. The van der Waals surface area contributed by atoms with Crippen LogP contribution in [0.25, 0.3) is 10.9 Å². The molecule has 3 aromatic rings. The second kappa shape index (κ2) is 6.20. The van der Waals surface area contributed by atoms with Crippen molar-refractivity contribution in [1.82, 2.24) is 10.3 Å². The highest BCUT2D eigenvalue weighted by molar-refractivity contribution is 5.82. The van der Waals surface area contributed by atoms with E-state index in [2.05, 4.69) is 23.3 Å². The second-order valence-corrected chi connectivity index (χ2v) is 5.47. The van der Waals surface area contributed by atoms with Gasteiger partial charge in [-0.15, -0.1) is 0 Å². The lowest BCUT2D eigenvalue weighted by molar-refractivity contribution is 0.461. The maximum atomic E-state index is 12.2. The summed E-state index contributed by atoms with van der Waals surface area (Å²) in [5.41, 5.74) is 2.82. The Balaban J connectivity index is 1.79. The van der Waals surface area contributed by atoms with Gasteiger partial charge < -0.3 is 14.7 Å². The predicted molar refractivity (Wildman–Crippen MR) is 87.9 cm³/mol. The van der Waals surface area contributed by atoms with Crippen molar-refractivity contribution in [2.75, 3.05) is 0 Å². The fraction of sp³-hybridized carbons (Fsp3) is 0.278. The number of benzene rings is 1. The van der Waals surface area contributed by atoms with Gasteiger partial charge in [0, 0.05) is 12.1 Å². The standard InChI is InChI=1S/C18H20N2O2/c1-3-13-5-4-6-14-9-15(18(21)20-17(13)14)10-19-11-16-8-7-12(2)22-16/h4-9,19H,3,10-11H2,1-2H3,(H,20,21). The van der Waals surface area contributed by atoms with E-state index in [-0.39, 0.29) is 5.56 Å². The third-order valence-corrected chi connectivity index (χ3v) is 3.83. The monoisotopic (exact) mass is 296 g/mol. The summed E-state index contributed by atoms with van der Waals surface area (Å²) in [5.74, 6) is 1.77. The van der Waals surface area contributed by atoms with Gasteiger partial charge in [0.2, 0.25) is 0 Å². The number of rotatable bonds is 5. The van der Waals surface area contributed by atoms with Crippen molar-refractivity contribution in [2.45, 2.75) is 33.4 Å². The van der Waals surface area contributed by atoms with Gasteiger partial charge in [-0.2, -0.15) is 0 Å². The van der Waals surface area contributed by atoms with Gasteiger partial charge in [-0.3, -0.25) is 4.79 Å². The van der Waals surface area contributed by atoms with Crippen molar-refractivity contribution in [1.29, 1.82) is 0 Å². The van der Waals surface area contributed by atoms with Gasteiger partial charge in [-0.05, 0) is 42.5 Å². The Hall–Kier alpha value is -2.33. The van der Waals surface area contributed by atoms with E-state index in [0.29, 0.717) is 13.1 Å². The van der Waals surface area contributed by atoms with Crippen LogP contribution >= 0.6 is 0 Å². The number of para-hydroxylation sites is 1. The lowest BCUT2D eigenvalue weighted by Crippen LogP contribution is -2.20. The van der Waals surface area contributed by atoms with Crippen LogP contribution in [0, 0.1) is 6.92 Å². The maximum Gasteiger partial charge on any atom is 0.252 e. The third kappa shape index (κ3) is 2.97. The highest BCUT2D eigenvalue weighted by Crippen LogP contribution is 2.16. The average molecular weight is 296 g/mol. The molecule has 4 nitrogen and oxygen atoms in total. The highest BCUT2D eigenvalue weighted by Gasteiger charge is 2.06. The maximum absolute atomic E-state index is 12.2. The number of aryl methyl sites for hydroxylation is 2. The summed E-state index contributed by atoms with van der Waals surface area (Å²) in [5, 5.41) is 4.33. The van der Waals surface area contributed by atoms with Crippen LogP contribution in [0.3, 0.4) is 0 Å². The average Bonchev–Trinajstić information content (AvgIpc) is 2.92. The van der Waals surface area contributed by atoms with Crippen LogP contribution in [-0.4, -0.2) is 4.98 Å². The molecule has 0 atom stereocenters. The molecule has 114 valence electrons. The first kappa shape index (κ1) is 14.6. The van der Waals surface area contributed by atoms with E-state index in [1.54, 1.807) is 0 Å². The summed E-state index contributed by atoms with van der Waals surface area (Å²) in [6, 6.07) is 12.0. The Morgan fingerprint density at radius 1 is 1.14 bits per heavy atom. The molecular weight excluding hydrogens is 276 g/mol. The van der Waals surface area contributed by atoms with Crippen molar-refractivity contribution in [3.63, 3.8) is 0 Å². The molecule has 0 radical (unpaired) electrons. The molecule has 2 aromatic heterocycles. The Bertz CT molecular complexity index is 846. The van der Waals surface area contributed by atoms with Crippen LogP contribution in [-0.2, 0) is 19.5 Å². The van der Waals surface area contributed by atoms with Crippen molar-refractivity contribution in [3.05, 3.63) is 69.4 Å². The molecule has 2 heterocycles. The molecule has 0 unspecified atom stereocenters. The van der Waals surface area contributed by atoms with Gasteiger partial charge in [-0.1, -0.05) is 25.1 Å². The predicted octanol–water partition coefficient (Wildman–Crippen LogP) is 3.28. The molecule has 0 aliphatic rings. The summed E-state index contributed by atoms with van der Waals surface area (Å²) in [4.78, 5) is 15.2. The summed E-state index contributed by atoms with van der Waals surface area (Å²) in [6.45, 7) is 5.14.